The van der Waals surface area contributed by atoms with Gasteiger partial charge in [-0.05, 0) is 30.5 Å². The van der Waals surface area contributed by atoms with E-state index >= 15 is 0 Å². The summed E-state index contributed by atoms with van der Waals surface area (Å²) in [6, 6.07) is 4.51. The van der Waals surface area contributed by atoms with Crippen LogP contribution < -0.4 is 10.7 Å². The van der Waals surface area contributed by atoms with Crippen LogP contribution >= 0.6 is 0 Å². The summed E-state index contributed by atoms with van der Waals surface area (Å²) >= 11 is 0. The smallest absolute Gasteiger partial charge is 0.341 e. The molecule has 152 valence electrons. The van der Waals surface area contributed by atoms with Crippen molar-refractivity contribution >= 4 is 33.6 Å². The molecular weight excluding hydrogens is 373 g/mol. The van der Waals surface area contributed by atoms with Crippen LogP contribution in [0.5, 0.6) is 0 Å². The lowest BCUT2D eigenvalue weighted by molar-refractivity contribution is 0.0695. The molecule has 0 saturated heterocycles. The molecule has 7 heteroatoms. The van der Waals surface area contributed by atoms with Gasteiger partial charge in [-0.3, -0.25) is 4.79 Å². The number of carbonyl (C=O) groups is 1. The molecule has 2 N–H and O–H groups in total. The maximum absolute atomic E-state index is 14.6. The van der Waals surface area contributed by atoms with Crippen LogP contribution in [0.25, 0.3) is 21.9 Å². The number of aromatic carboxylic acids is 1. The lowest BCUT2D eigenvalue weighted by atomic mass is 9.87. The molecule has 3 aromatic rings. The number of nitrogens with one attached hydrogen (secondary N) is 1. The lowest BCUT2D eigenvalue weighted by Gasteiger charge is -2.21. The minimum Gasteiger partial charge on any atom is -0.477 e. The van der Waals surface area contributed by atoms with E-state index < -0.39 is 17.2 Å². The summed E-state index contributed by atoms with van der Waals surface area (Å²) in [6.07, 6.45) is 8.68. The molecule has 0 aliphatic heterocycles. The van der Waals surface area contributed by atoms with Gasteiger partial charge in [0.2, 0.25) is 5.43 Å². The van der Waals surface area contributed by atoms with Crippen molar-refractivity contribution in [3.8, 4) is 0 Å². The second-order valence-electron chi connectivity index (χ2n) is 7.89. The predicted molar refractivity (Wildman–Crippen MR) is 111 cm³/mol. The first-order valence-corrected chi connectivity index (χ1v) is 10.0. The highest BCUT2D eigenvalue weighted by atomic mass is 19.1. The van der Waals surface area contributed by atoms with Crippen LogP contribution in [0.2, 0.25) is 0 Å². The minimum absolute atomic E-state index is 0.164. The van der Waals surface area contributed by atoms with Gasteiger partial charge in [-0.1, -0.05) is 32.1 Å². The quantitative estimate of drug-likeness (QED) is 0.627. The second kappa shape index (κ2) is 7.81. The Morgan fingerprint density at radius 2 is 2.03 bits per heavy atom. The highest BCUT2D eigenvalue weighted by Gasteiger charge is 2.17. The molecule has 0 spiro atoms. The molecule has 0 atom stereocenters. The first kappa shape index (κ1) is 19.4. The average Bonchev–Trinajstić information content (AvgIpc) is 2.70. The Morgan fingerprint density at radius 3 is 2.76 bits per heavy atom. The van der Waals surface area contributed by atoms with Crippen molar-refractivity contribution in [3.63, 3.8) is 0 Å². The van der Waals surface area contributed by atoms with Crippen molar-refractivity contribution in [2.75, 3.05) is 11.9 Å². The molecule has 0 amide bonds. The molecule has 0 unspecified atom stereocenters. The predicted octanol–water partition coefficient (Wildman–Crippen LogP) is 4.31. The fraction of sp³-hybridized carbons (Fsp3) is 0.409. The molecule has 2 heterocycles. The third-order valence-corrected chi connectivity index (χ3v) is 5.85. The monoisotopic (exact) mass is 397 g/mol. The van der Waals surface area contributed by atoms with Gasteiger partial charge in [-0.15, -0.1) is 0 Å². The van der Waals surface area contributed by atoms with Gasteiger partial charge >= 0.3 is 5.97 Å². The molecule has 6 nitrogen and oxygen atoms in total. The number of rotatable bonds is 5. The van der Waals surface area contributed by atoms with Crippen molar-refractivity contribution in [1.82, 2.24) is 9.55 Å². The van der Waals surface area contributed by atoms with Crippen molar-refractivity contribution in [1.29, 1.82) is 0 Å². The SMILES string of the molecule is Cn1cc(C(=O)O)c(=O)c2cc3cc(F)c(NCCC4CCCCC4)cc3nc21. The highest BCUT2D eigenvalue weighted by molar-refractivity contribution is 5.96. The Labute approximate surface area is 167 Å². The second-order valence-corrected chi connectivity index (χ2v) is 7.89. The summed E-state index contributed by atoms with van der Waals surface area (Å²) in [5, 5.41) is 13.0. The number of hydrogen-bond donors (Lipinski definition) is 2. The van der Waals surface area contributed by atoms with Crippen molar-refractivity contribution in [2.45, 2.75) is 38.5 Å². The molecule has 4 rings (SSSR count). The Morgan fingerprint density at radius 1 is 1.28 bits per heavy atom. The highest BCUT2D eigenvalue weighted by Crippen LogP contribution is 2.28. The summed E-state index contributed by atoms with van der Waals surface area (Å²) in [7, 11) is 1.64. The third kappa shape index (κ3) is 3.81. The zero-order chi connectivity index (χ0) is 20.5. The Balaban J connectivity index is 1.66. The number of fused-ring (bicyclic) bond motifs is 2. The topological polar surface area (TPSA) is 84.2 Å². The van der Waals surface area contributed by atoms with E-state index in [9.17, 15) is 19.1 Å². The van der Waals surface area contributed by atoms with E-state index in [-0.39, 0.29) is 10.9 Å². The number of aromatic nitrogens is 2. The van der Waals surface area contributed by atoms with E-state index in [0.717, 1.165) is 6.42 Å². The number of nitrogens with zero attached hydrogens (tertiary/aromatic N) is 2. The third-order valence-electron chi connectivity index (χ3n) is 5.85. The van der Waals surface area contributed by atoms with Gasteiger partial charge in [0.25, 0.3) is 0 Å². The van der Waals surface area contributed by atoms with E-state index in [1.165, 1.54) is 55.0 Å². The summed E-state index contributed by atoms with van der Waals surface area (Å²) in [5.74, 6) is -0.996. The number of pyridine rings is 2. The van der Waals surface area contributed by atoms with Crippen molar-refractivity contribution < 1.29 is 14.3 Å². The number of benzene rings is 1. The lowest BCUT2D eigenvalue weighted by Crippen LogP contribution is -2.18. The van der Waals surface area contributed by atoms with Crippen LogP contribution in [0.4, 0.5) is 10.1 Å². The molecular formula is C22H24FN3O3. The normalized spacial score (nSPS) is 15.1. The van der Waals surface area contributed by atoms with E-state index in [0.29, 0.717) is 34.7 Å². The molecule has 2 aromatic heterocycles. The molecule has 1 fully saturated rings. The van der Waals surface area contributed by atoms with Gasteiger partial charge in [-0.25, -0.2) is 14.2 Å². The molecule has 29 heavy (non-hydrogen) atoms. The van der Waals surface area contributed by atoms with Crippen LogP contribution in [0.1, 0.15) is 48.9 Å². The van der Waals surface area contributed by atoms with Crippen molar-refractivity contribution in [3.05, 3.63) is 46.0 Å². The summed E-state index contributed by atoms with van der Waals surface area (Å²) in [5.41, 5.74) is 0.370. The van der Waals surface area contributed by atoms with E-state index in [1.807, 2.05) is 0 Å². The van der Waals surface area contributed by atoms with Gasteiger partial charge in [0, 0.05) is 25.2 Å². The Hall–Kier alpha value is -2.96. The van der Waals surface area contributed by atoms with E-state index in [2.05, 4.69) is 10.3 Å². The maximum atomic E-state index is 14.6. The number of anilines is 1. The van der Waals surface area contributed by atoms with Gasteiger partial charge in [0.05, 0.1) is 16.6 Å². The van der Waals surface area contributed by atoms with E-state index in [4.69, 9.17) is 0 Å². The van der Waals surface area contributed by atoms with Crippen LogP contribution in [0, 0.1) is 11.7 Å². The molecule has 1 aliphatic rings. The fourth-order valence-electron chi connectivity index (χ4n) is 4.25. The Bertz CT molecular complexity index is 1150. The van der Waals surface area contributed by atoms with Crippen LogP contribution in [-0.4, -0.2) is 27.2 Å². The zero-order valence-corrected chi connectivity index (χ0v) is 16.4. The maximum Gasteiger partial charge on any atom is 0.341 e. The van der Waals surface area contributed by atoms with Crippen LogP contribution in [0.3, 0.4) is 0 Å². The summed E-state index contributed by atoms with van der Waals surface area (Å²) in [6.45, 7) is 0.709. The molecule has 1 aromatic carbocycles. The van der Waals surface area contributed by atoms with Gasteiger partial charge in [-0.2, -0.15) is 0 Å². The van der Waals surface area contributed by atoms with Crippen molar-refractivity contribution in [2.24, 2.45) is 13.0 Å². The average molecular weight is 397 g/mol. The first-order chi connectivity index (χ1) is 13.9. The zero-order valence-electron chi connectivity index (χ0n) is 16.4. The van der Waals surface area contributed by atoms with Gasteiger partial charge in [0.1, 0.15) is 17.0 Å². The fourth-order valence-corrected chi connectivity index (χ4v) is 4.25. The van der Waals surface area contributed by atoms with Gasteiger partial charge < -0.3 is 15.0 Å². The molecule has 0 bridgehead atoms. The molecule has 0 radical (unpaired) electrons. The first-order valence-electron chi connectivity index (χ1n) is 10.0. The number of aryl methyl sites for hydroxylation is 1. The Kier molecular flexibility index (Phi) is 5.22. The molecule has 1 saturated carbocycles. The van der Waals surface area contributed by atoms with E-state index in [1.54, 1.807) is 13.1 Å². The number of carboxylic acids is 1. The van der Waals surface area contributed by atoms with Crippen LogP contribution in [0.15, 0.2) is 29.2 Å². The molecule has 1 aliphatic carbocycles. The number of halogens is 1. The number of hydrogen-bond acceptors (Lipinski definition) is 4. The summed E-state index contributed by atoms with van der Waals surface area (Å²) in [4.78, 5) is 28.3. The largest absolute Gasteiger partial charge is 0.477 e. The standard InChI is InChI=1S/C22H24FN3O3/c1-26-12-16(22(28)29)20(27)15-9-14-10-17(23)19(11-18(14)25-21(15)26)24-8-7-13-5-3-2-4-6-13/h9-13,24H,2-8H2,1H3,(H,28,29). The summed E-state index contributed by atoms with van der Waals surface area (Å²) < 4.78 is 16.1. The number of carboxylic acid groups (broad SMARTS) is 1. The minimum atomic E-state index is -1.30. The van der Waals surface area contributed by atoms with Gasteiger partial charge in [0.15, 0.2) is 0 Å². The van der Waals surface area contributed by atoms with Crippen LogP contribution in [-0.2, 0) is 7.05 Å².